The Labute approximate surface area is 175 Å². The van der Waals surface area contributed by atoms with Crippen molar-refractivity contribution < 1.29 is 32.5 Å². The lowest BCUT2D eigenvalue weighted by Crippen LogP contribution is -2.17. The lowest BCUT2D eigenvalue weighted by atomic mass is 9.99. The number of hydrogen-bond acceptors (Lipinski definition) is 5. The number of anilines is 1. The number of alkyl halides is 3. The van der Waals surface area contributed by atoms with E-state index < -0.39 is 12.3 Å². The van der Waals surface area contributed by atoms with Gasteiger partial charge < -0.3 is 19.9 Å². The van der Waals surface area contributed by atoms with Crippen LogP contribution in [0.5, 0.6) is 11.5 Å². The van der Waals surface area contributed by atoms with Crippen molar-refractivity contribution in [3.8, 4) is 22.6 Å². The Morgan fingerprint density at radius 2 is 2.00 bits per heavy atom. The van der Waals surface area contributed by atoms with E-state index in [9.17, 15) is 23.1 Å². The molecule has 0 fully saturated rings. The van der Waals surface area contributed by atoms with Gasteiger partial charge in [-0.15, -0.1) is 13.2 Å². The van der Waals surface area contributed by atoms with E-state index in [1.54, 1.807) is 30.5 Å². The highest BCUT2D eigenvalue weighted by Gasteiger charge is 2.31. The molecule has 3 aromatic rings. The van der Waals surface area contributed by atoms with E-state index >= 15 is 0 Å². The zero-order valence-electron chi connectivity index (χ0n) is 16.1. The summed E-state index contributed by atoms with van der Waals surface area (Å²) in [5.41, 5.74) is 3.02. The van der Waals surface area contributed by atoms with E-state index in [0.717, 1.165) is 16.7 Å². The highest BCUT2D eigenvalue weighted by molar-refractivity contribution is 5.93. The Hall–Kier alpha value is -3.75. The molecule has 2 heterocycles. The number of halogens is 3. The highest BCUT2D eigenvalue weighted by atomic mass is 19.4. The van der Waals surface area contributed by atoms with E-state index in [-0.39, 0.29) is 17.9 Å². The summed E-state index contributed by atoms with van der Waals surface area (Å²) in [6, 6.07) is 12.6. The van der Waals surface area contributed by atoms with Gasteiger partial charge in [0.1, 0.15) is 22.9 Å². The summed E-state index contributed by atoms with van der Waals surface area (Å²) in [6.07, 6.45) is -2.49. The van der Waals surface area contributed by atoms with Crippen molar-refractivity contribution in [3.63, 3.8) is 0 Å². The van der Waals surface area contributed by atoms with Crippen LogP contribution in [-0.4, -0.2) is 29.0 Å². The molecule has 9 heteroatoms. The first-order valence-corrected chi connectivity index (χ1v) is 9.36. The molecule has 0 spiro atoms. The molecule has 0 bridgehead atoms. The number of fused-ring (bicyclic) bond motifs is 1. The van der Waals surface area contributed by atoms with E-state index in [0.29, 0.717) is 30.2 Å². The van der Waals surface area contributed by atoms with Crippen molar-refractivity contribution in [2.45, 2.75) is 19.3 Å². The van der Waals surface area contributed by atoms with Crippen molar-refractivity contribution in [1.29, 1.82) is 0 Å². The summed E-state index contributed by atoms with van der Waals surface area (Å²) < 4.78 is 46.4. The van der Waals surface area contributed by atoms with E-state index in [4.69, 9.17) is 4.74 Å². The van der Waals surface area contributed by atoms with Crippen LogP contribution in [0, 0.1) is 0 Å². The van der Waals surface area contributed by atoms with Crippen LogP contribution in [0.1, 0.15) is 21.5 Å². The van der Waals surface area contributed by atoms with Crippen LogP contribution in [0.4, 0.5) is 19.0 Å². The Morgan fingerprint density at radius 1 is 1.16 bits per heavy atom. The minimum Gasteiger partial charge on any atom is -0.492 e. The first-order chi connectivity index (χ1) is 14.8. The number of pyridine rings is 1. The molecule has 1 aliphatic heterocycles. The van der Waals surface area contributed by atoms with Gasteiger partial charge in [-0.25, -0.2) is 9.78 Å². The number of rotatable bonds is 6. The maximum atomic E-state index is 12.4. The number of carboxylic acid groups (broad SMARTS) is 1. The summed E-state index contributed by atoms with van der Waals surface area (Å²) in [5.74, 6) is -0.402. The molecule has 4 rings (SSSR count). The van der Waals surface area contributed by atoms with Crippen LogP contribution < -0.4 is 14.8 Å². The van der Waals surface area contributed by atoms with Gasteiger partial charge in [0.2, 0.25) is 0 Å². The maximum absolute atomic E-state index is 12.4. The fourth-order valence-corrected chi connectivity index (χ4v) is 3.35. The second-order valence-corrected chi connectivity index (χ2v) is 6.90. The number of hydrogen-bond donors (Lipinski definition) is 2. The molecule has 0 saturated heterocycles. The number of nitrogens with one attached hydrogen (secondary N) is 1. The first kappa shape index (κ1) is 20.5. The minimum absolute atomic E-state index is 0.119. The molecule has 0 radical (unpaired) electrons. The Morgan fingerprint density at radius 3 is 2.71 bits per heavy atom. The number of carboxylic acids is 1. The van der Waals surface area contributed by atoms with Crippen LogP contribution in [0.2, 0.25) is 0 Å². The summed E-state index contributed by atoms with van der Waals surface area (Å²) in [4.78, 5) is 15.9. The van der Waals surface area contributed by atoms with Crippen LogP contribution in [0.15, 0.2) is 54.7 Å². The van der Waals surface area contributed by atoms with Crippen molar-refractivity contribution >= 4 is 11.8 Å². The Bertz CT molecular complexity index is 1110. The van der Waals surface area contributed by atoms with Crippen LogP contribution in [0.25, 0.3) is 11.1 Å². The molecule has 0 unspecified atom stereocenters. The van der Waals surface area contributed by atoms with Crippen LogP contribution in [0.3, 0.4) is 0 Å². The van der Waals surface area contributed by atoms with Gasteiger partial charge in [-0.3, -0.25) is 0 Å². The second kappa shape index (κ2) is 8.17. The van der Waals surface area contributed by atoms with Crippen LogP contribution in [-0.2, 0) is 13.0 Å². The third-order valence-electron chi connectivity index (χ3n) is 4.72. The molecule has 31 heavy (non-hydrogen) atoms. The monoisotopic (exact) mass is 430 g/mol. The number of aromatic carboxylic acids is 1. The van der Waals surface area contributed by atoms with Crippen molar-refractivity contribution in [3.05, 3.63) is 71.4 Å². The van der Waals surface area contributed by atoms with E-state index in [1.165, 1.54) is 18.2 Å². The average molecular weight is 430 g/mol. The third-order valence-corrected chi connectivity index (χ3v) is 4.72. The molecule has 160 valence electrons. The number of aromatic nitrogens is 1. The maximum Gasteiger partial charge on any atom is 0.573 e. The topological polar surface area (TPSA) is 80.7 Å². The van der Waals surface area contributed by atoms with Gasteiger partial charge in [0.25, 0.3) is 0 Å². The lowest BCUT2D eigenvalue weighted by Gasteiger charge is -2.11. The van der Waals surface area contributed by atoms with Gasteiger partial charge in [0, 0.05) is 24.7 Å². The fourth-order valence-electron chi connectivity index (χ4n) is 3.35. The van der Waals surface area contributed by atoms with Gasteiger partial charge >= 0.3 is 12.3 Å². The molecule has 2 N–H and O–H groups in total. The second-order valence-electron chi connectivity index (χ2n) is 6.90. The summed E-state index contributed by atoms with van der Waals surface area (Å²) >= 11 is 0. The van der Waals surface area contributed by atoms with Gasteiger partial charge in [-0.05, 0) is 53.1 Å². The third kappa shape index (κ3) is 4.88. The summed E-state index contributed by atoms with van der Waals surface area (Å²) in [5, 5.41) is 12.5. The van der Waals surface area contributed by atoms with E-state index in [2.05, 4.69) is 15.0 Å². The molecule has 0 aliphatic carbocycles. The normalized spacial score (nSPS) is 12.7. The lowest BCUT2D eigenvalue weighted by molar-refractivity contribution is -0.274. The smallest absolute Gasteiger partial charge is 0.492 e. The number of ether oxygens (including phenoxy) is 2. The van der Waals surface area contributed by atoms with E-state index in [1.807, 2.05) is 6.07 Å². The van der Waals surface area contributed by atoms with Gasteiger partial charge in [-0.2, -0.15) is 0 Å². The van der Waals surface area contributed by atoms with Gasteiger partial charge in [0.05, 0.1) is 6.61 Å². The zero-order chi connectivity index (χ0) is 22.0. The molecule has 0 amide bonds. The van der Waals surface area contributed by atoms with Crippen LogP contribution >= 0.6 is 0 Å². The molecule has 6 nitrogen and oxygen atoms in total. The molecule has 0 atom stereocenters. The standard InChI is InChI=1S/C22H17F3N2O4/c23-22(24,25)31-17-3-1-2-13(8-17)11-26-19-5-4-15(12-27-19)16-9-14-6-7-30-20(14)18(10-16)21(28)29/h1-5,8-10,12H,6-7,11H2,(H,26,27)(H,28,29). The predicted molar refractivity (Wildman–Crippen MR) is 106 cm³/mol. The summed E-state index contributed by atoms with van der Waals surface area (Å²) in [6.45, 7) is 0.704. The quantitative estimate of drug-likeness (QED) is 0.580. The zero-order valence-corrected chi connectivity index (χ0v) is 16.1. The molecular formula is C22H17F3N2O4. The van der Waals surface area contributed by atoms with Crippen molar-refractivity contribution in [2.75, 3.05) is 11.9 Å². The molecular weight excluding hydrogens is 413 g/mol. The number of nitrogens with zero attached hydrogens (tertiary/aromatic N) is 1. The van der Waals surface area contributed by atoms with Gasteiger partial charge in [-0.1, -0.05) is 12.1 Å². The summed E-state index contributed by atoms with van der Waals surface area (Å²) in [7, 11) is 0. The van der Waals surface area contributed by atoms with Gasteiger partial charge in [0.15, 0.2) is 0 Å². The first-order valence-electron chi connectivity index (χ1n) is 9.36. The molecule has 0 saturated carbocycles. The number of carbonyl (C=O) groups is 1. The SMILES string of the molecule is O=C(O)c1cc(-c2ccc(NCc3cccc(OC(F)(F)F)c3)nc2)cc2c1OCC2. The average Bonchev–Trinajstić information content (AvgIpc) is 3.19. The highest BCUT2D eigenvalue weighted by Crippen LogP contribution is 2.34. The minimum atomic E-state index is -4.74. The molecule has 2 aromatic carbocycles. The molecule has 1 aromatic heterocycles. The Kier molecular flexibility index (Phi) is 5.41. The largest absolute Gasteiger partial charge is 0.573 e. The van der Waals surface area contributed by atoms with Crippen molar-refractivity contribution in [1.82, 2.24) is 4.98 Å². The Balaban J connectivity index is 1.47. The predicted octanol–water partition coefficient (Wildman–Crippen LogP) is 4.89. The van der Waals surface area contributed by atoms with Crippen molar-refractivity contribution in [2.24, 2.45) is 0 Å². The molecule has 1 aliphatic rings. The number of benzene rings is 2. The fraction of sp³-hybridized carbons (Fsp3) is 0.182.